The van der Waals surface area contributed by atoms with Crippen LogP contribution in [0, 0.1) is 0 Å². The monoisotopic (exact) mass is 1170 g/mol. The van der Waals surface area contributed by atoms with Crippen LogP contribution in [0.5, 0.6) is 0 Å². The van der Waals surface area contributed by atoms with Crippen molar-refractivity contribution in [3.05, 3.63) is 29.8 Å². The molecule has 3 unspecified atom stereocenters. The van der Waals surface area contributed by atoms with Gasteiger partial charge in [0.2, 0.25) is 5.91 Å². The Morgan fingerprint density at radius 1 is 0.593 bits per heavy atom. The largest absolute Gasteiger partial charge is 0.481 e. The third-order valence-corrected chi connectivity index (χ3v) is 13.6. The summed E-state index contributed by atoms with van der Waals surface area (Å²) in [5.41, 5.74) is -0.352. The van der Waals surface area contributed by atoms with E-state index in [1.54, 1.807) is 31.7 Å². The van der Waals surface area contributed by atoms with Gasteiger partial charge in [-0.1, -0.05) is 25.0 Å². The summed E-state index contributed by atoms with van der Waals surface area (Å²) in [6.07, 6.45) is 3.18. The van der Waals surface area contributed by atoms with Gasteiger partial charge in [-0.3, -0.25) is 58.5 Å². The smallest absolute Gasteiger partial charge is 0.329 e. The van der Waals surface area contributed by atoms with Crippen LogP contribution >= 0.6 is 12.2 Å². The number of aliphatic hydroxyl groups excluding tert-OH is 1. The number of nitrogens with one attached hydrogen (secondary N) is 6. The van der Waals surface area contributed by atoms with E-state index >= 15 is 0 Å². The minimum absolute atomic E-state index is 0.0443. The van der Waals surface area contributed by atoms with E-state index in [9.17, 15) is 88.8 Å². The number of thiocarbonyl (C=S) groups is 1. The van der Waals surface area contributed by atoms with Crippen molar-refractivity contribution in [2.75, 3.05) is 90.4 Å². The van der Waals surface area contributed by atoms with Crippen LogP contribution < -0.4 is 31.9 Å². The average Bonchev–Trinajstić information content (AvgIpc) is 3.36. The second-order valence-corrected chi connectivity index (χ2v) is 20.6. The average molecular weight is 1170 g/mol. The normalized spacial score (nSPS) is 16.8. The van der Waals surface area contributed by atoms with Crippen LogP contribution in [0.2, 0.25) is 0 Å². The molecule has 1 heterocycles. The first kappa shape index (κ1) is 70.3. The summed E-state index contributed by atoms with van der Waals surface area (Å²) >= 11 is 5.47. The number of urea groups is 1. The summed E-state index contributed by atoms with van der Waals surface area (Å²) in [7, 11) is 0. The number of benzene rings is 1. The fraction of sp³-hybridized carbons (Fsp3) is 0.667. The highest BCUT2D eigenvalue weighted by Gasteiger charge is 2.36. The van der Waals surface area contributed by atoms with E-state index in [1.165, 1.54) is 6.92 Å². The van der Waals surface area contributed by atoms with Gasteiger partial charge in [-0.25, -0.2) is 14.4 Å². The van der Waals surface area contributed by atoms with Crippen LogP contribution in [0.3, 0.4) is 0 Å². The van der Waals surface area contributed by atoms with Crippen molar-refractivity contribution >= 4 is 82.7 Å². The van der Waals surface area contributed by atoms with Crippen LogP contribution in [0.25, 0.3) is 0 Å². The van der Waals surface area contributed by atoms with Crippen molar-refractivity contribution in [3.8, 4) is 0 Å². The Bertz CT molecular complexity index is 2230. The Kier molecular flexibility index (Phi) is 33.0. The number of carbonyl (C=O) groups is 10. The molecule has 30 heteroatoms. The minimum atomic E-state index is -1.77. The lowest BCUT2D eigenvalue weighted by molar-refractivity contribution is -0.144. The van der Waals surface area contributed by atoms with Crippen molar-refractivity contribution in [2.24, 2.45) is 0 Å². The molecule has 0 aromatic heterocycles. The van der Waals surface area contributed by atoms with Crippen molar-refractivity contribution in [1.82, 2.24) is 46.2 Å². The molecule has 81 heavy (non-hydrogen) atoms. The van der Waals surface area contributed by atoms with Crippen LogP contribution in [0.4, 0.5) is 10.5 Å². The van der Waals surface area contributed by atoms with Crippen molar-refractivity contribution in [1.29, 1.82) is 0 Å². The number of amides is 3. The lowest BCUT2D eigenvalue weighted by Crippen LogP contribution is -2.57. The Morgan fingerprint density at radius 2 is 1.12 bits per heavy atom. The van der Waals surface area contributed by atoms with Gasteiger partial charge >= 0.3 is 53.8 Å². The Balaban J connectivity index is 1.77. The number of rotatable bonds is 38. The number of aliphatic carboxylic acids is 8. The summed E-state index contributed by atoms with van der Waals surface area (Å²) in [4.78, 5) is 125. The molecule has 2 rings (SSSR count). The third kappa shape index (κ3) is 31.7. The van der Waals surface area contributed by atoms with E-state index in [-0.39, 0.29) is 110 Å². The molecule has 0 radical (unpaired) electrons. The Morgan fingerprint density at radius 3 is 1.69 bits per heavy atom. The fourth-order valence-electron chi connectivity index (χ4n) is 8.89. The predicted octanol–water partition coefficient (Wildman–Crippen LogP) is 0.0632. The second-order valence-electron chi connectivity index (χ2n) is 20.2. The number of aliphatic hydroxyl groups is 1. The van der Waals surface area contributed by atoms with Gasteiger partial charge in [0.05, 0.1) is 26.2 Å². The van der Waals surface area contributed by atoms with Crippen LogP contribution in [-0.2, 0) is 49.6 Å². The number of carbonyl (C=O) groups excluding carboxylic acids is 2. The van der Waals surface area contributed by atoms with E-state index in [1.807, 2.05) is 12.1 Å². The van der Waals surface area contributed by atoms with Crippen molar-refractivity contribution in [2.45, 2.75) is 133 Å². The summed E-state index contributed by atoms with van der Waals surface area (Å²) in [5.74, 6) is -9.85. The van der Waals surface area contributed by atoms with Gasteiger partial charge in [-0.2, -0.15) is 0 Å². The zero-order valence-electron chi connectivity index (χ0n) is 45.7. The van der Waals surface area contributed by atoms with Gasteiger partial charge in [0.15, 0.2) is 5.11 Å². The lowest BCUT2D eigenvalue weighted by Gasteiger charge is -2.37. The molecule has 0 bridgehead atoms. The molecule has 0 saturated carbocycles. The molecule has 15 N–H and O–H groups in total. The maximum atomic E-state index is 12.4. The van der Waals surface area contributed by atoms with Crippen molar-refractivity contribution in [3.63, 3.8) is 0 Å². The van der Waals surface area contributed by atoms with E-state index in [0.717, 1.165) is 5.56 Å². The highest BCUT2D eigenvalue weighted by Crippen LogP contribution is 2.18. The first-order valence-corrected chi connectivity index (χ1v) is 27.3. The Hall–Kier alpha value is -6.83. The molecule has 0 aliphatic carbocycles. The molecule has 0 spiro atoms. The number of carboxylic acid groups (broad SMARTS) is 8. The van der Waals surface area contributed by atoms with E-state index in [2.05, 4.69) is 31.9 Å². The highest BCUT2D eigenvalue weighted by atomic mass is 32.1. The molecule has 3 amide bonds. The van der Waals surface area contributed by atoms with Crippen molar-refractivity contribution < 1.29 is 93.9 Å². The molecule has 29 nitrogen and oxygen atoms in total. The molecule has 1 aliphatic rings. The number of unbranched alkanes of at least 4 members (excludes halogenated alkanes) is 5. The molecule has 1 aromatic carbocycles. The summed E-state index contributed by atoms with van der Waals surface area (Å²) in [6.45, 7) is 1.61. The first-order valence-electron chi connectivity index (χ1n) is 26.9. The maximum absolute atomic E-state index is 12.4. The molecular formula is C51H82N10O19S. The number of anilines is 1. The quantitative estimate of drug-likeness (QED) is 0.0236. The molecule has 1 saturated heterocycles. The standard InChI is InChI=1S/C51H82N10O19S/c1-51(48(78)79,57-49(80)56-38(47(76)77)17-18-41(64)65)19-7-9-20-52-39(62)11-4-2-3-5-12-40(63)55-37(46(74)75)10-6-8-21-53-50(81)54-35-15-13-34(14-16-35)28-36-29-60(32-44(70)71)25-24-58(30-42(66)67)22-23-59(31-43(68)69)26-27-61(36)33-45(72)73/h13-16,36-38,40,55,63H,2-12,17-33H2,1H3,(H,52,62)(H,64,65)(H,66,67)(H,68,69)(H,70,71)(H,72,73)(H,74,75)(H,76,77)(H,78,79)(H2,53,54,81)(H2,56,57,80)/t36?,37-,38?,40?,51-/m0/s1. The molecule has 1 aliphatic heterocycles. The van der Waals surface area contributed by atoms with Gasteiger partial charge < -0.3 is 72.5 Å². The van der Waals surface area contributed by atoms with Gasteiger partial charge in [-0.15, -0.1) is 0 Å². The van der Waals surface area contributed by atoms with Gasteiger partial charge in [0.1, 0.15) is 23.9 Å². The van der Waals surface area contributed by atoms with E-state index in [4.69, 9.17) is 17.3 Å². The third-order valence-electron chi connectivity index (χ3n) is 13.3. The summed E-state index contributed by atoms with van der Waals surface area (Å²) in [6, 6.07) is 3.01. The first-order chi connectivity index (χ1) is 38.2. The Labute approximate surface area is 474 Å². The lowest BCUT2D eigenvalue weighted by atomic mass is 9.95. The number of hydrogen-bond donors (Lipinski definition) is 15. The highest BCUT2D eigenvalue weighted by molar-refractivity contribution is 7.80. The number of nitrogens with zero attached hydrogens (tertiary/aromatic N) is 4. The zero-order valence-corrected chi connectivity index (χ0v) is 46.5. The fourth-order valence-corrected chi connectivity index (χ4v) is 9.11. The molecule has 1 aromatic rings. The molecule has 5 atom stereocenters. The van der Waals surface area contributed by atoms with Gasteiger partial charge in [0.25, 0.3) is 0 Å². The van der Waals surface area contributed by atoms with Crippen LogP contribution in [0.1, 0.15) is 102 Å². The van der Waals surface area contributed by atoms with Gasteiger partial charge in [0, 0.05) is 83.5 Å². The SMILES string of the molecule is C[C@@](CCCCNC(=O)CCCCCCC(O)N[C@@H](CCCCNC(=S)Nc1ccc(CC2CN(CC(=O)O)CCN(CC(=O)O)CCN(CC(=O)O)CCN2CC(=O)O)cc1)C(=O)O)(NC(=O)NC(CCC(=O)O)C(=O)O)C(=O)O. The molecular weight excluding hydrogens is 1090 g/mol. The molecule has 456 valence electrons. The maximum Gasteiger partial charge on any atom is 0.329 e. The topological polar surface area (TPSA) is 438 Å². The number of hydrogen-bond acceptors (Lipinski definition) is 17. The van der Waals surface area contributed by atoms with Gasteiger partial charge in [-0.05, 0) is 107 Å². The number of carboxylic acids is 8. The van der Waals surface area contributed by atoms with Crippen LogP contribution in [-0.4, -0.2) is 245 Å². The molecule has 1 fully saturated rings. The minimum Gasteiger partial charge on any atom is -0.481 e. The predicted molar refractivity (Wildman–Crippen MR) is 295 cm³/mol. The summed E-state index contributed by atoms with van der Waals surface area (Å²) in [5, 5.41) is 103. The van der Waals surface area contributed by atoms with E-state index < -0.39 is 103 Å². The van der Waals surface area contributed by atoms with E-state index in [0.29, 0.717) is 68.7 Å². The summed E-state index contributed by atoms with van der Waals surface area (Å²) < 4.78 is 0. The zero-order chi connectivity index (χ0) is 60.5. The second kappa shape index (κ2) is 38.0. The van der Waals surface area contributed by atoms with Crippen LogP contribution in [0.15, 0.2) is 24.3 Å².